The van der Waals surface area contributed by atoms with Gasteiger partial charge >= 0.3 is 0 Å². The standard InChI is InChI=1S/C18H15ClO/c19-17-8-6-14(7-9-17)16-10-15(11-18(20)12-16)13-4-2-1-3-5-13/h1-9,11,16H,10,12H2/t16-/m1/s1. The Kier molecular flexibility index (Phi) is 3.70. The average Bonchev–Trinajstić information content (AvgIpc) is 2.48. The Labute approximate surface area is 123 Å². The van der Waals surface area contributed by atoms with Crippen molar-refractivity contribution >= 4 is 23.0 Å². The Morgan fingerprint density at radius 2 is 1.60 bits per heavy atom. The molecule has 0 aliphatic heterocycles. The summed E-state index contributed by atoms with van der Waals surface area (Å²) in [6.07, 6.45) is 3.27. The van der Waals surface area contributed by atoms with Crippen molar-refractivity contribution in [1.82, 2.24) is 0 Å². The van der Waals surface area contributed by atoms with E-state index in [9.17, 15) is 4.79 Å². The fraction of sp³-hybridized carbons (Fsp3) is 0.167. The fourth-order valence-electron chi connectivity index (χ4n) is 2.72. The van der Waals surface area contributed by atoms with Crippen molar-refractivity contribution in [2.75, 3.05) is 0 Å². The minimum Gasteiger partial charge on any atom is -0.295 e. The fourth-order valence-corrected chi connectivity index (χ4v) is 2.84. The van der Waals surface area contributed by atoms with Crippen LogP contribution in [0, 0.1) is 0 Å². The maximum Gasteiger partial charge on any atom is 0.156 e. The lowest BCUT2D eigenvalue weighted by Gasteiger charge is -2.22. The van der Waals surface area contributed by atoms with Gasteiger partial charge in [0.05, 0.1) is 0 Å². The number of allylic oxidation sites excluding steroid dienone is 2. The first kappa shape index (κ1) is 13.1. The molecule has 1 aliphatic rings. The van der Waals surface area contributed by atoms with Gasteiger partial charge in [0.2, 0.25) is 0 Å². The van der Waals surface area contributed by atoms with Crippen LogP contribution in [-0.2, 0) is 4.79 Å². The Morgan fingerprint density at radius 3 is 2.30 bits per heavy atom. The topological polar surface area (TPSA) is 17.1 Å². The van der Waals surface area contributed by atoms with Gasteiger partial charge in [0, 0.05) is 11.4 Å². The molecule has 2 aromatic carbocycles. The first-order chi connectivity index (χ1) is 9.72. The molecule has 0 N–H and O–H groups in total. The molecule has 0 unspecified atom stereocenters. The van der Waals surface area contributed by atoms with Crippen LogP contribution in [0.15, 0.2) is 60.7 Å². The molecule has 0 aromatic heterocycles. The predicted molar refractivity (Wildman–Crippen MR) is 82.9 cm³/mol. The van der Waals surface area contributed by atoms with Crippen molar-refractivity contribution in [3.8, 4) is 0 Å². The number of hydrogen-bond donors (Lipinski definition) is 0. The molecule has 20 heavy (non-hydrogen) atoms. The van der Waals surface area contributed by atoms with E-state index >= 15 is 0 Å². The maximum atomic E-state index is 12.0. The number of rotatable bonds is 2. The summed E-state index contributed by atoms with van der Waals surface area (Å²) in [7, 11) is 0. The molecule has 2 heteroatoms. The highest BCUT2D eigenvalue weighted by Gasteiger charge is 2.22. The largest absolute Gasteiger partial charge is 0.295 e. The van der Waals surface area contributed by atoms with Gasteiger partial charge in [-0.05, 0) is 47.2 Å². The molecule has 100 valence electrons. The summed E-state index contributed by atoms with van der Waals surface area (Å²) >= 11 is 5.93. The molecule has 0 amide bonds. The highest BCUT2D eigenvalue weighted by atomic mass is 35.5. The molecular formula is C18H15ClO. The Balaban J connectivity index is 1.89. The third-order valence-corrected chi connectivity index (χ3v) is 3.99. The van der Waals surface area contributed by atoms with Crippen molar-refractivity contribution in [3.63, 3.8) is 0 Å². The molecule has 1 atom stereocenters. The molecule has 0 spiro atoms. The van der Waals surface area contributed by atoms with Gasteiger partial charge in [-0.3, -0.25) is 4.79 Å². The maximum absolute atomic E-state index is 12.0. The van der Waals surface area contributed by atoms with E-state index in [0.717, 1.165) is 22.6 Å². The van der Waals surface area contributed by atoms with Crippen LogP contribution in [0.25, 0.3) is 5.57 Å². The van der Waals surface area contributed by atoms with E-state index in [4.69, 9.17) is 11.6 Å². The minimum absolute atomic E-state index is 0.204. The van der Waals surface area contributed by atoms with E-state index in [0.29, 0.717) is 6.42 Å². The summed E-state index contributed by atoms with van der Waals surface area (Å²) < 4.78 is 0. The summed E-state index contributed by atoms with van der Waals surface area (Å²) in [5.41, 5.74) is 3.45. The van der Waals surface area contributed by atoms with Crippen LogP contribution in [-0.4, -0.2) is 5.78 Å². The zero-order chi connectivity index (χ0) is 13.9. The number of halogens is 1. The lowest BCUT2D eigenvalue weighted by molar-refractivity contribution is -0.115. The molecule has 1 nitrogen and oxygen atoms in total. The lowest BCUT2D eigenvalue weighted by atomic mass is 9.81. The average molecular weight is 283 g/mol. The van der Waals surface area contributed by atoms with Crippen LogP contribution in [0.4, 0.5) is 0 Å². The van der Waals surface area contributed by atoms with Crippen LogP contribution in [0.2, 0.25) is 5.02 Å². The molecule has 1 aliphatic carbocycles. The second-order valence-corrected chi connectivity index (χ2v) is 5.60. The first-order valence-electron chi connectivity index (χ1n) is 6.76. The highest BCUT2D eigenvalue weighted by Crippen LogP contribution is 2.36. The Hall–Kier alpha value is -1.86. The highest BCUT2D eigenvalue weighted by molar-refractivity contribution is 6.30. The van der Waals surface area contributed by atoms with Crippen LogP contribution in [0.5, 0.6) is 0 Å². The van der Waals surface area contributed by atoms with Gasteiger partial charge in [-0.25, -0.2) is 0 Å². The number of hydrogen-bond acceptors (Lipinski definition) is 1. The molecule has 0 heterocycles. The summed E-state index contributed by atoms with van der Waals surface area (Å²) in [5.74, 6) is 0.454. The summed E-state index contributed by atoms with van der Waals surface area (Å²) in [6.45, 7) is 0. The predicted octanol–water partition coefficient (Wildman–Crippen LogP) is 4.87. The molecule has 0 saturated heterocycles. The van der Waals surface area contributed by atoms with Gasteiger partial charge in [-0.15, -0.1) is 0 Å². The number of carbonyl (C=O) groups excluding carboxylic acids is 1. The molecule has 0 radical (unpaired) electrons. The van der Waals surface area contributed by atoms with E-state index in [1.165, 1.54) is 5.56 Å². The van der Waals surface area contributed by atoms with Crippen molar-refractivity contribution in [2.24, 2.45) is 0 Å². The normalized spacial score (nSPS) is 18.8. The smallest absolute Gasteiger partial charge is 0.156 e. The third-order valence-electron chi connectivity index (χ3n) is 3.74. The molecule has 3 rings (SSSR count). The SMILES string of the molecule is O=C1C=C(c2ccccc2)C[C@@H](c2ccc(Cl)cc2)C1. The van der Waals surface area contributed by atoms with E-state index in [-0.39, 0.29) is 11.7 Å². The number of ketones is 1. The van der Waals surface area contributed by atoms with Crippen LogP contribution in [0.1, 0.15) is 29.9 Å². The molecule has 0 bridgehead atoms. The van der Waals surface area contributed by atoms with E-state index < -0.39 is 0 Å². The summed E-state index contributed by atoms with van der Waals surface area (Å²) in [4.78, 5) is 12.0. The van der Waals surface area contributed by atoms with E-state index in [2.05, 4.69) is 12.1 Å². The van der Waals surface area contributed by atoms with Gasteiger partial charge < -0.3 is 0 Å². The first-order valence-corrected chi connectivity index (χ1v) is 7.14. The Morgan fingerprint density at radius 1 is 0.900 bits per heavy atom. The Bertz CT molecular complexity index is 641. The van der Waals surface area contributed by atoms with Gasteiger partial charge in [0.25, 0.3) is 0 Å². The van der Waals surface area contributed by atoms with Gasteiger partial charge in [0.15, 0.2) is 5.78 Å². The summed E-state index contributed by atoms with van der Waals surface area (Å²) in [6, 6.07) is 17.9. The number of benzene rings is 2. The molecular weight excluding hydrogens is 268 g/mol. The second-order valence-electron chi connectivity index (χ2n) is 5.16. The zero-order valence-corrected chi connectivity index (χ0v) is 11.8. The summed E-state index contributed by atoms with van der Waals surface area (Å²) in [5, 5.41) is 0.731. The second kappa shape index (κ2) is 5.64. The minimum atomic E-state index is 0.204. The van der Waals surface area contributed by atoms with Gasteiger partial charge in [0.1, 0.15) is 0 Å². The van der Waals surface area contributed by atoms with Crippen LogP contribution < -0.4 is 0 Å². The quantitative estimate of drug-likeness (QED) is 0.768. The molecule has 2 aromatic rings. The molecule has 0 saturated carbocycles. The van der Waals surface area contributed by atoms with Crippen molar-refractivity contribution < 1.29 is 4.79 Å². The monoisotopic (exact) mass is 282 g/mol. The van der Waals surface area contributed by atoms with Crippen molar-refractivity contribution in [2.45, 2.75) is 18.8 Å². The van der Waals surface area contributed by atoms with E-state index in [1.807, 2.05) is 42.5 Å². The van der Waals surface area contributed by atoms with Crippen molar-refractivity contribution in [1.29, 1.82) is 0 Å². The van der Waals surface area contributed by atoms with Crippen LogP contribution in [0.3, 0.4) is 0 Å². The van der Waals surface area contributed by atoms with Gasteiger partial charge in [-0.1, -0.05) is 54.1 Å². The van der Waals surface area contributed by atoms with E-state index in [1.54, 1.807) is 6.08 Å². The van der Waals surface area contributed by atoms with Crippen LogP contribution >= 0.6 is 11.6 Å². The number of carbonyl (C=O) groups is 1. The zero-order valence-electron chi connectivity index (χ0n) is 11.1. The third kappa shape index (κ3) is 2.83. The van der Waals surface area contributed by atoms with Crippen molar-refractivity contribution in [3.05, 3.63) is 76.8 Å². The van der Waals surface area contributed by atoms with Gasteiger partial charge in [-0.2, -0.15) is 0 Å². The lowest BCUT2D eigenvalue weighted by Crippen LogP contribution is -2.12. The molecule has 0 fully saturated rings.